The molecule has 0 saturated heterocycles. The summed E-state index contributed by atoms with van der Waals surface area (Å²) in [5.74, 6) is -1.50. The van der Waals surface area contributed by atoms with Gasteiger partial charge in [-0.1, -0.05) is 42.5 Å². The van der Waals surface area contributed by atoms with Crippen LogP contribution in [0.2, 0.25) is 0 Å². The zero-order valence-electron chi connectivity index (χ0n) is 19.7. The van der Waals surface area contributed by atoms with Gasteiger partial charge >= 0.3 is 0 Å². The van der Waals surface area contributed by atoms with Gasteiger partial charge in [0.1, 0.15) is 0 Å². The average molecular weight is 475 g/mol. The summed E-state index contributed by atoms with van der Waals surface area (Å²) in [6, 6.07) is 25.3. The van der Waals surface area contributed by atoms with Gasteiger partial charge in [-0.25, -0.2) is 4.90 Å². The summed E-state index contributed by atoms with van der Waals surface area (Å²) in [5.41, 5.74) is 4.64. The summed E-state index contributed by atoms with van der Waals surface area (Å²) in [6.07, 6.45) is 0. The third-order valence-corrected chi connectivity index (χ3v) is 6.32. The first-order valence-corrected chi connectivity index (χ1v) is 11.4. The fourth-order valence-electron chi connectivity index (χ4n) is 4.18. The number of aryl methyl sites for hydroxylation is 2. The normalized spacial score (nSPS) is 12.4. The largest absolute Gasteiger partial charge is 0.322 e. The van der Waals surface area contributed by atoms with Crippen LogP contribution in [0.4, 0.5) is 11.4 Å². The molecule has 0 fully saturated rings. The molecule has 1 aliphatic rings. The second-order valence-corrected chi connectivity index (χ2v) is 8.70. The number of carbonyl (C=O) groups is 4. The lowest BCUT2D eigenvalue weighted by atomic mass is 9.99. The predicted molar refractivity (Wildman–Crippen MR) is 138 cm³/mol. The zero-order chi connectivity index (χ0) is 25.4. The highest BCUT2D eigenvalue weighted by molar-refractivity contribution is 6.35. The molecule has 0 atom stereocenters. The summed E-state index contributed by atoms with van der Waals surface area (Å²) < 4.78 is 0. The van der Waals surface area contributed by atoms with Gasteiger partial charge in [0.05, 0.1) is 16.8 Å². The Morgan fingerprint density at radius 3 is 2.08 bits per heavy atom. The first kappa shape index (κ1) is 22.9. The maximum absolute atomic E-state index is 13.3. The Balaban J connectivity index is 1.42. The van der Waals surface area contributed by atoms with Gasteiger partial charge in [0.15, 0.2) is 5.78 Å². The monoisotopic (exact) mass is 474 g/mol. The number of nitrogens with zero attached hydrogens (tertiary/aromatic N) is 1. The van der Waals surface area contributed by atoms with Crippen molar-refractivity contribution in [1.29, 1.82) is 0 Å². The molecule has 176 valence electrons. The molecule has 0 saturated carbocycles. The number of amides is 3. The third kappa shape index (κ3) is 4.09. The van der Waals surface area contributed by atoms with E-state index in [1.54, 1.807) is 60.7 Å². The van der Waals surface area contributed by atoms with E-state index in [1.165, 1.54) is 12.1 Å². The molecule has 4 aromatic rings. The number of nitrogens with one attached hydrogen (secondary N) is 1. The van der Waals surface area contributed by atoms with Crippen LogP contribution in [0.5, 0.6) is 0 Å². The van der Waals surface area contributed by atoms with Gasteiger partial charge in [-0.3, -0.25) is 19.2 Å². The van der Waals surface area contributed by atoms with Gasteiger partial charge in [0, 0.05) is 22.4 Å². The standard InChI is InChI=1S/C30H22N2O4/c1-18-11-12-22(15-19(18)2)27(33)21-9-6-10-24(16-21)32-29(35)25-14-13-23(17-26(25)30(32)36)31-28(34)20-7-4-3-5-8-20/h3-17H,1-2H3,(H,31,34). The SMILES string of the molecule is Cc1ccc(C(=O)c2cccc(N3C(=O)c4ccc(NC(=O)c5ccccc5)cc4C3=O)c2)cc1C. The number of anilines is 2. The highest BCUT2D eigenvalue weighted by atomic mass is 16.2. The number of ketones is 1. The fraction of sp³-hybridized carbons (Fsp3) is 0.0667. The Kier molecular flexibility index (Phi) is 5.78. The molecule has 0 aliphatic carbocycles. The van der Waals surface area contributed by atoms with Crippen LogP contribution in [0.15, 0.2) is 91.0 Å². The van der Waals surface area contributed by atoms with E-state index in [-0.39, 0.29) is 22.8 Å². The minimum Gasteiger partial charge on any atom is -0.322 e. The van der Waals surface area contributed by atoms with Crippen LogP contribution in [-0.2, 0) is 0 Å². The second-order valence-electron chi connectivity index (χ2n) is 8.70. The van der Waals surface area contributed by atoms with Gasteiger partial charge in [-0.15, -0.1) is 0 Å². The lowest BCUT2D eigenvalue weighted by Crippen LogP contribution is -2.29. The van der Waals surface area contributed by atoms with Crippen molar-refractivity contribution in [2.24, 2.45) is 0 Å². The van der Waals surface area contributed by atoms with Gasteiger partial charge in [-0.2, -0.15) is 0 Å². The lowest BCUT2D eigenvalue weighted by molar-refractivity contribution is 0.0923. The number of fused-ring (bicyclic) bond motifs is 1. The summed E-state index contributed by atoms with van der Waals surface area (Å²) >= 11 is 0. The van der Waals surface area contributed by atoms with Gasteiger partial charge < -0.3 is 5.32 Å². The Morgan fingerprint density at radius 2 is 1.33 bits per heavy atom. The molecule has 1 heterocycles. The van der Waals surface area contributed by atoms with Crippen molar-refractivity contribution in [3.05, 3.63) is 130 Å². The Morgan fingerprint density at radius 1 is 0.639 bits per heavy atom. The third-order valence-electron chi connectivity index (χ3n) is 6.32. The predicted octanol–water partition coefficient (Wildman–Crippen LogP) is 5.59. The topological polar surface area (TPSA) is 83.6 Å². The Labute approximate surface area is 208 Å². The van der Waals surface area contributed by atoms with E-state index in [0.717, 1.165) is 16.0 Å². The van der Waals surface area contributed by atoms with Crippen molar-refractivity contribution >= 4 is 34.9 Å². The number of imide groups is 1. The number of hydrogen-bond donors (Lipinski definition) is 1. The van der Waals surface area contributed by atoms with Crippen molar-refractivity contribution in [2.75, 3.05) is 10.2 Å². The van der Waals surface area contributed by atoms with Crippen LogP contribution in [0.3, 0.4) is 0 Å². The number of hydrogen-bond acceptors (Lipinski definition) is 4. The van der Waals surface area contributed by atoms with E-state index < -0.39 is 11.8 Å². The van der Waals surface area contributed by atoms with Crippen LogP contribution in [0, 0.1) is 13.8 Å². The van der Waals surface area contributed by atoms with Gasteiger partial charge in [0.25, 0.3) is 17.7 Å². The molecule has 0 spiro atoms. The number of carbonyl (C=O) groups excluding carboxylic acids is 4. The van der Waals surface area contributed by atoms with E-state index in [2.05, 4.69) is 5.32 Å². The molecule has 36 heavy (non-hydrogen) atoms. The van der Waals surface area contributed by atoms with Crippen molar-refractivity contribution in [2.45, 2.75) is 13.8 Å². The van der Waals surface area contributed by atoms with E-state index in [9.17, 15) is 19.2 Å². The maximum Gasteiger partial charge on any atom is 0.266 e. The minimum absolute atomic E-state index is 0.191. The van der Waals surface area contributed by atoms with Crippen LogP contribution < -0.4 is 10.2 Å². The highest BCUT2D eigenvalue weighted by Crippen LogP contribution is 2.31. The van der Waals surface area contributed by atoms with Crippen LogP contribution in [0.25, 0.3) is 0 Å². The molecule has 0 unspecified atom stereocenters. The van der Waals surface area contributed by atoms with Crippen molar-refractivity contribution in [1.82, 2.24) is 0 Å². The van der Waals surface area contributed by atoms with Crippen LogP contribution >= 0.6 is 0 Å². The van der Waals surface area contributed by atoms with E-state index in [1.807, 2.05) is 32.0 Å². The Bertz CT molecular complexity index is 1560. The summed E-state index contributed by atoms with van der Waals surface area (Å²) in [5, 5.41) is 2.76. The molecule has 0 bridgehead atoms. The lowest BCUT2D eigenvalue weighted by Gasteiger charge is -2.15. The Hall–Kier alpha value is -4.84. The highest BCUT2D eigenvalue weighted by Gasteiger charge is 2.37. The van der Waals surface area contributed by atoms with E-state index >= 15 is 0 Å². The fourth-order valence-corrected chi connectivity index (χ4v) is 4.18. The molecule has 0 aromatic heterocycles. The van der Waals surface area contributed by atoms with Crippen molar-refractivity contribution < 1.29 is 19.2 Å². The summed E-state index contributed by atoms with van der Waals surface area (Å²) in [7, 11) is 0. The molecule has 5 rings (SSSR count). The number of benzene rings is 4. The summed E-state index contributed by atoms with van der Waals surface area (Å²) in [4.78, 5) is 53.0. The maximum atomic E-state index is 13.3. The molecule has 0 radical (unpaired) electrons. The van der Waals surface area contributed by atoms with E-state index in [4.69, 9.17) is 0 Å². The molecule has 4 aromatic carbocycles. The molecule has 1 N–H and O–H groups in total. The zero-order valence-corrected chi connectivity index (χ0v) is 19.7. The second kappa shape index (κ2) is 9.07. The van der Waals surface area contributed by atoms with Crippen molar-refractivity contribution in [3.63, 3.8) is 0 Å². The molecule has 1 aliphatic heterocycles. The minimum atomic E-state index is -0.512. The van der Waals surface area contributed by atoms with Crippen LogP contribution in [0.1, 0.15) is 58.1 Å². The summed E-state index contributed by atoms with van der Waals surface area (Å²) in [6.45, 7) is 3.92. The molecular formula is C30H22N2O4. The van der Waals surface area contributed by atoms with E-state index in [0.29, 0.717) is 28.1 Å². The smallest absolute Gasteiger partial charge is 0.266 e. The van der Waals surface area contributed by atoms with Crippen LogP contribution in [-0.4, -0.2) is 23.5 Å². The molecule has 3 amide bonds. The number of rotatable bonds is 5. The molecular weight excluding hydrogens is 452 g/mol. The molecule has 6 nitrogen and oxygen atoms in total. The quantitative estimate of drug-likeness (QED) is 0.302. The van der Waals surface area contributed by atoms with Gasteiger partial charge in [0.2, 0.25) is 0 Å². The first-order chi connectivity index (χ1) is 17.3. The average Bonchev–Trinajstić information content (AvgIpc) is 3.15. The molecule has 6 heteroatoms. The van der Waals surface area contributed by atoms with Crippen molar-refractivity contribution in [3.8, 4) is 0 Å². The first-order valence-electron chi connectivity index (χ1n) is 11.4. The van der Waals surface area contributed by atoms with Gasteiger partial charge in [-0.05, 0) is 73.5 Å².